The van der Waals surface area contributed by atoms with E-state index in [0.29, 0.717) is 11.6 Å². The number of para-hydroxylation sites is 1. The molecule has 2 aromatic heterocycles. The molecule has 0 radical (unpaired) electrons. The van der Waals surface area contributed by atoms with Gasteiger partial charge in [-0.2, -0.15) is 5.26 Å². The maximum Gasteiger partial charge on any atom is 0.236 e. The lowest BCUT2D eigenvalue weighted by Gasteiger charge is -2.10. The number of hydrogen-bond acceptors (Lipinski definition) is 3. The highest BCUT2D eigenvalue weighted by molar-refractivity contribution is 6.21. The molecular formula is C41H24N4. The van der Waals surface area contributed by atoms with Crippen LogP contribution in [0.3, 0.4) is 0 Å². The highest BCUT2D eigenvalue weighted by atomic mass is 15.2. The van der Waals surface area contributed by atoms with Gasteiger partial charge in [-0.1, -0.05) is 115 Å². The SMILES string of the molecule is N#Cc1nc(-n2c3ccc(-c4ccc(-c5cccc6ccccc56)cc4)cc3c3c4ccccc4ccc32)nc2ccccc12. The number of hydrogen-bond donors (Lipinski definition) is 0. The first-order valence-corrected chi connectivity index (χ1v) is 15.0. The standard InChI is InChI=1S/C41H24N4/c42-25-37-34-13-5-6-15-36(34)43-41(44-37)45-38-22-21-30(24-35(38)40-33-12-4-2-9-28(33)20-23-39(40)45)26-16-18-29(19-17-26)32-14-7-10-27-8-1-3-11-31(27)32/h1-24H. The van der Waals surface area contributed by atoms with Crippen LogP contribution in [-0.2, 0) is 0 Å². The van der Waals surface area contributed by atoms with E-state index in [2.05, 4.69) is 132 Å². The summed E-state index contributed by atoms with van der Waals surface area (Å²) in [6.07, 6.45) is 0. The van der Waals surface area contributed by atoms with E-state index in [0.717, 1.165) is 43.8 Å². The second-order valence-electron chi connectivity index (χ2n) is 11.4. The van der Waals surface area contributed by atoms with Crippen LogP contribution < -0.4 is 0 Å². The molecule has 0 aliphatic heterocycles. The molecule has 0 bridgehead atoms. The van der Waals surface area contributed by atoms with Crippen LogP contribution in [0, 0.1) is 11.3 Å². The molecule has 45 heavy (non-hydrogen) atoms. The zero-order valence-corrected chi connectivity index (χ0v) is 24.1. The molecule has 9 rings (SSSR count). The maximum absolute atomic E-state index is 9.98. The van der Waals surface area contributed by atoms with E-state index in [4.69, 9.17) is 9.97 Å². The van der Waals surface area contributed by atoms with Crippen molar-refractivity contribution in [2.24, 2.45) is 0 Å². The molecule has 0 amide bonds. The van der Waals surface area contributed by atoms with Crippen LogP contribution in [0.25, 0.3) is 82.5 Å². The van der Waals surface area contributed by atoms with E-state index in [1.807, 2.05) is 24.3 Å². The lowest BCUT2D eigenvalue weighted by molar-refractivity contribution is 1.00. The van der Waals surface area contributed by atoms with Crippen LogP contribution in [0.1, 0.15) is 5.69 Å². The molecule has 0 spiro atoms. The van der Waals surface area contributed by atoms with Gasteiger partial charge in [-0.05, 0) is 74.1 Å². The van der Waals surface area contributed by atoms with Gasteiger partial charge in [0.05, 0.1) is 16.6 Å². The number of nitrogens with zero attached hydrogens (tertiary/aromatic N) is 4. The number of rotatable bonds is 3. The minimum Gasteiger partial charge on any atom is -0.278 e. The van der Waals surface area contributed by atoms with Crippen LogP contribution in [0.5, 0.6) is 0 Å². The Labute approximate surface area is 259 Å². The lowest BCUT2D eigenvalue weighted by atomic mass is 9.95. The van der Waals surface area contributed by atoms with Crippen molar-refractivity contribution in [2.45, 2.75) is 0 Å². The van der Waals surface area contributed by atoms with Gasteiger partial charge in [-0.15, -0.1) is 0 Å². The Kier molecular flexibility index (Phi) is 5.53. The van der Waals surface area contributed by atoms with Gasteiger partial charge < -0.3 is 0 Å². The molecule has 4 heteroatoms. The Morgan fingerprint density at radius 1 is 0.489 bits per heavy atom. The molecule has 4 nitrogen and oxygen atoms in total. The fraction of sp³-hybridized carbons (Fsp3) is 0. The third-order valence-corrected chi connectivity index (χ3v) is 8.87. The summed E-state index contributed by atoms with van der Waals surface area (Å²) in [6.45, 7) is 0. The Hall–Kier alpha value is -6.31. The van der Waals surface area contributed by atoms with E-state index >= 15 is 0 Å². The third-order valence-electron chi connectivity index (χ3n) is 8.87. The summed E-state index contributed by atoms with van der Waals surface area (Å²) in [5.74, 6) is 0.493. The minimum absolute atomic E-state index is 0.370. The molecule has 0 atom stereocenters. The summed E-state index contributed by atoms with van der Waals surface area (Å²) in [5, 5.41) is 17.8. The van der Waals surface area contributed by atoms with Gasteiger partial charge in [-0.25, -0.2) is 9.97 Å². The Morgan fingerprint density at radius 3 is 1.96 bits per heavy atom. The first-order chi connectivity index (χ1) is 22.3. The van der Waals surface area contributed by atoms with Gasteiger partial charge in [0.2, 0.25) is 5.95 Å². The topological polar surface area (TPSA) is 54.5 Å². The maximum atomic E-state index is 9.98. The molecule has 0 aliphatic carbocycles. The largest absolute Gasteiger partial charge is 0.278 e. The summed E-state index contributed by atoms with van der Waals surface area (Å²) < 4.78 is 2.10. The Morgan fingerprint density at radius 2 is 1.13 bits per heavy atom. The van der Waals surface area contributed by atoms with Crippen LogP contribution in [-0.4, -0.2) is 14.5 Å². The average molecular weight is 573 g/mol. The zero-order chi connectivity index (χ0) is 29.9. The predicted molar refractivity (Wildman–Crippen MR) is 184 cm³/mol. The summed E-state index contributed by atoms with van der Waals surface area (Å²) in [5.41, 5.74) is 7.83. The molecule has 9 aromatic rings. The van der Waals surface area contributed by atoms with E-state index in [-0.39, 0.29) is 0 Å². The van der Waals surface area contributed by atoms with Crippen molar-refractivity contribution in [2.75, 3.05) is 0 Å². The zero-order valence-electron chi connectivity index (χ0n) is 24.1. The molecule has 7 aromatic carbocycles. The van der Waals surface area contributed by atoms with Crippen molar-refractivity contribution in [3.05, 3.63) is 151 Å². The molecule has 0 saturated heterocycles. The van der Waals surface area contributed by atoms with E-state index < -0.39 is 0 Å². The lowest BCUT2D eigenvalue weighted by Crippen LogP contribution is -2.03. The van der Waals surface area contributed by atoms with Gasteiger partial charge in [0.25, 0.3) is 0 Å². The van der Waals surface area contributed by atoms with Crippen LogP contribution in [0.15, 0.2) is 146 Å². The number of benzene rings is 7. The third kappa shape index (κ3) is 3.92. The van der Waals surface area contributed by atoms with E-state index in [1.165, 1.54) is 32.7 Å². The van der Waals surface area contributed by atoms with Crippen molar-refractivity contribution in [1.29, 1.82) is 5.26 Å². The minimum atomic E-state index is 0.370. The summed E-state index contributed by atoms with van der Waals surface area (Å²) >= 11 is 0. The number of aromatic nitrogens is 3. The van der Waals surface area contributed by atoms with Gasteiger partial charge in [-0.3, -0.25) is 4.57 Å². The number of fused-ring (bicyclic) bond motifs is 7. The van der Waals surface area contributed by atoms with Crippen LogP contribution in [0.2, 0.25) is 0 Å². The van der Waals surface area contributed by atoms with Gasteiger partial charge in [0.15, 0.2) is 5.69 Å². The molecule has 0 N–H and O–H groups in total. The number of nitriles is 1. The summed E-state index contributed by atoms with van der Waals surface area (Å²) in [7, 11) is 0. The monoisotopic (exact) mass is 572 g/mol. The highest BCUT2D eigenvalue weighted by Gasteiger charge is 2.19. The fourth-order valence-corrected chi connectivity index (χ4v) is 6.75. The molecule has 0 saturated carbocycles. The van der Waals surface area contributed by atoms with Gasteiger partial charge in [0.1, 0.15) is 6.07 Å². The highest BCUT2D eigenvalue weighted by Crippen LogP contribution is 2.39. The molecule has 0 fully saturated rings. The Bertz CT molecular complexity index is 2650. The molecular weight excluding hydrogens is 548 g/mol. The van der Waals surface area contributed by atoms with Crippen molar-refractivity contribution >= 4 is 54.3 Å². The molecule has 208 valence electrons. The molecule has 0 unspecified atom stereocenters. The van der Waals surface area contributed by atoms with Gasteiger partial charge in [0, 0.05) is 16.2 Å². The predicted octanol–water partition coefficient (Wildman–Crippen LogP) is 10.2. The van der Waals surface area contributed by atoms with Crippen LogP contribution in [0.4, 0.5) is 0 Å². The molecule has 0 aliphatic rings. The van der Waals surface area contributed by atoms with Crippen molar-refractivity contribution in [3.63, 3.8) is 0 Å². The van der Waals surface area contributed by atoms with Gasteiger partial charge >= 0.3 is 0 Å². The van der Waals surface area contributed by atoms with Crippen molar-refractivity contribution in [3.8, 4) is 34.3 Å². The van der Waals surface area contributed by atoms with Crippen LogP contribution >= 0.6 is 0 Å². The van der Waals surface area contributed by atoms with Crippen molar-refractivity contribution in [1.82, 2.24) is 14.5 Å². The van der Waals surface area contributed by atoms with E-state index in [9.17, 15) is 5.26 Å². The smallest absolute Gasteiger partial charge is 0.236 e. The average Bonchev–Trinajstić information content (AvgIpc) is 3.45. The second kappa shape index (κ2) is 9.87. The Balaban J connectivity index is 1.26. The van der Waals surface area contributed by atoms with Crippen molar-refractivity contribution < 1.29 is 0 Å². The fourth-order valence-electron chi connectivity index (χ4n) is 6.75. The second-order valence-corrected chi connectivity index (χ2v) is 11.4. The summed E-state index contributed by atoms with van der Waals surface area (Å²) in [4.78, 5) is 9.72. The molecule has 2 heterocycles. The summed E-state index contributed by atoms with van der Waals surface area (Å²) in [6, 6.07) is 53.2. The quantitative estimate of drug-likeness (QED) is 0.212. The first kappa shape index (κ1) is 25.2. The normalized spacial score (nSPS) is 11.5. The van der Waals surface area contributed by atoms with E-state index in [1.54, 1.807) is 0 Å². The first-order valence-electron chi connectivity index (χ1n) is 15.0.